The van der Waals surface area contributed by atoms with Gasteiger partial charge in [-0.25, -0.2) is 0 Å². The average Bonchev–Trinajstić information content (AvgIpc) is 2.29. The van der Waals surface area contributed by atoms with Gasteiger partial charge in [0.1, 0.15) is 12.4 Å². The van der Waals surface area contributed by atoms with Gasteiger partial charge in [-0.3, -0.25) is 0 Å². The van der Waals surface area contributed by atoms with E-state index in [2.05, 4.69) is 32.2 Å². The molecule has 1 aromatic rings. The van der Waals surface area contributed by atoms with Crippen LogP contribution in [-0.4, -0.2) is 19.7 Å². The Hall–Kier alpha value is -1.02. The zero-order valence-electron chi connectivity index (χ0n) is 10.7. The normalized spacial score (nSPS) is 10.4. The van der Waals surface area contributed by atoms with E-state index >= 15 is 0 Å². The maximum absolute atomic E-state index is 5.74. The van der Waals surface area contributed by atoms with E-state index < -0.39 is 0 Å². The molecule has 0 aromatic heterocycles. The quantitative estimate of drug-likeness (QED) is 0.714. The summed E-state index contributed by atoms with van der Waals surface area (Å²) < 4.78 is 5.74. The summed E-state index contributed by atoms with van der Waals surface area (Å²) >= 11 is 0. The molecule has 1 N–H and O–H groups in total. The Bertz CT molecular complexity index is 310. The Kier molecular flexibility index (Phi) is 5.94. The summed E-state index contributed by atoms with van der Waals surface area (Å²) in [7, 11) is 0. The van der Waals surface area contributed by atoms with Crippen molar-refractivity contribution in [2.75, 3.05) is 19.7 Å². The van der Waals surface area contributed by atoms with Crippen molar-refractivity contribution in [1.82, 2.24) is 5.32 Å². The van der Waals surface area contributed by atoms with Crippen LogP contribution in [0.3, 0.4) is 0 Å². The molecule has 2 nitrogen and oxygen atoms in total. The Labute approximate surface area is 99.0 Å². The van der Waals surface area contributed by atoms with Gasteiger partial charge < -0.3 is 10.1 Å². The summed E-state index contributed by atoms with van der Waals surface area (Å²) in [6.07, 6.45) is 2.48. The summed E-state index contributed by atoms with van der Waals surface area (Å²) in [5.74, 6) is 1.01. The third-order valence-corrected chi connectivity index (χ3v) is 2.80. The van der Waals surface area contributed by atoms with Crippen LogP contribution in [-0.2, 0) is 0 Å². The van der Waals surface area contributed by atoms with Crippen LogP contribution in [0.15, 0.2) is 18.2 Å². The van der Waals surface area contributed by atoms with Gasteiger partial charge in [-0.15, -0.1) is 0 Å². The van der Waals surface area contributed by atoms with Crippen LogP contribution in [0.25, 0.3) is 0 Å². The molecule has 1 aromatic carbocycles. The third-order valence-electron chi connectivity index (χ3n) is 2.80. The van der Waals surface area contributed by atoms with E-state index in [1.807, 2.05) is 12.1 Å². The molecule has 0 spiro atoms. The highest BCUT2D eigenvalue weighted by Gasteiger charge is 2.00. The molecular formula is C14H23NO. The smallest absolute Gasteiger partial charge is 0.122 e. The van der Waals surface area contributed by atoms with E-state index in [4.69, 9.17) is 4.74 Å². The van der Waals surface area contributed by atoms with Crippen LogP contribution >= 0.6 is 0 Å². The van der Waals surface area contributed by atoms with Gasteiger partial charge in [0.2, 0.25) is 0 Å². The van der Waals surface area contributed by atoms with Crippen LogP contribution in [0.5, 0.6) is 5.75 Å². The molecule has 0 fully saturated rings. The molecule has 0 heterocycles. The zero-order valence-corrected chi connectivity index (χ0v) is 10.7. The Morgan fingerprint density at radius 3 is 2.75 bits per heavy atom. The van der Waals surface area contributed by atoms with Gasteiger partial charge in [0.05, 0.1) is 0 Å². The first-order valence-corrected chi connectivity index (χ1v) is 6.15. The second kappa shape index (κ2) is 7.29. The molecule has 90 valence electrons. The molecule has 0 saturated carbocycles. The van der Waals surface area contributed by atoms with E-state index in [1.165, 1.54) is 24.0 Å². The molecule has 0 aliphatic rings. The molecule has 0 atom stereocenters. The number of hydrogen-bond acceptors (Lipinski definition) is 2. The van der Waals surface area contributed by atoms with Crippen molar-refractivity contribution >= 4 is 0 Å². The van der Waals surface area contributed by atoms with Crippen molar-refractivity contribution in [3.05, 3.63) is 29.3 Å². The number of rotatable bonds is 7. The number of unbranched alkanes of at least 4 members (excludes halogenated alkanes) is 1. The zero-order chi connectivity index (χ0) is 11.8. The topological polar surface area (TPSA) is 21.3 Å². The maximum atomic E-state index is 5.74. The predicted molar refractivity (Wildman–Crippen MR) is 69.2 cm³/mol. The van der Waals surface area contributed by atoms with Gasteiger partial charge in [-0.05, 0) is 44.0 Å². The molecule has 0 unspecified atom stereocenters. The van der Waals surface area contributed by atoms with Crippen molar-refractivity contribution < 1.29 is 4.74 Å². The molecule has 0 amide bonds. The van der Waals surface area contributed by atoms with E-state index in [9.17, 15) is 0 Å². The minimum Gasteiger partial charge on any atom is -0.492 e. The van der Waals surface area contributed by atoms with E-state index in [0.717, 1.165) is 25.4 Å². The first kappa shape index (κ1) is 13.0. The Morgan fingerprint density at radius 1 is 1.19 bits per heavy atom. The Morgan fingerprint density at radius 2 is 2.00 bits per heavy atom. The summed E-state index contributed by atoms with van der Waals surface area (Å²) in [5.41, 5.74) is 2.53. The van der Waals surface area contributed by atoms with Gasteiger partial charge in [-0.1, -0.05) is 25.5 Å². The van der Waals surface area contributed by atoms with Crippen molar-refractivity contribution in [3.8, 4) is 5.75 Å². The van der Waals surface area contributed by atoms with Crippen LogP contribution < -0.4 is 10.1 Å². The van der Waals surface area contributed by atoms with E-state index in [1.54, 1.807) is 0 Å². The lowest BCUT2D eigenvalue weighted by atomic mass is 10.1. The monoisotopic (exact) mass is 221 g/mol. The number of benzene rings is 1. The summed E-state index contributed by atoms with van der Waals surface area (Å²) in [6.45, 7) is 9.18. The highest BCUT2D eigenvalue weighted by atomic mass is 16.5. The fraction of sp³-hybridized carbons (Fsp3) is 0.571. The number of aryl methyl sites for hydroxylation is 1. The summed E-state index contributed by atoms with van der Waals surface area (Å²) in [5, 5.41) is 3.37. The Balaban J connectivity index is 2.24. The van der Waals surface area contributed by atoms with Crippen LogP contribution in [0.1, 0.15) is 30.9 Å². The number of nitrogens with one attached hydrogen (secondary N) is 1. The van der Waals surface area contributed by atoms with Gasteiger partial charge >= 0.3 is 0 Å². The molecule has 0 saturated heterocycles. The number of ether oxygens (including phenoxy) is 1. The predicted octanol–water partition coefficient (Wildman–Crippen LogP) is 3.07. The molecule has 2 heteroatoms. The highest BCUT2D eigenvalue weighted by molar-refractivity contribution is 5.38. The van der Waals surface area contributed by atoms with Gasteiger partial charge in [0.15, 0.2) is 0 Å². The van der Waals surface area contributed by atoms with Crippen molar-refractivity contribution in [2.45, 2.75) is 33.6 Å². The average molecular weight is 221 g/mol. The van der Waals surface area contributed by atoms with Crippen molar-refractivity contribution in [2.24, 2.45) is 0 Å². The molecule has 1 rings (SSSR count). The largest absolute Gasteiger partial charge is 0.492 e. The lowest BCUT2D eigenvalue weighted by molar-refractivity contribution is 0.311. The van der Waals surface area contributed by atoms with Gasteiger partial charge in [0.25, 0.3) is 0 Å². The molecule has 16 heavy (non-hydrogen) atoms. The standard InChI is InChI=1S/C14H23NO/c1-4-5-9-15-10-11-16-14-8-6-7-12(2)13(14)3/h6-8,15H,4-5,9-11H2,1-3H3. The van der Waals surface area contributed by atoms with Crippen LogP contribution in [0.4, 0.5) is 0 Å². The minimum atomic E-state index is 0.744. The molecule has 0 aliphatic heterocycles. The SMILES string of the molecule is CCCCNCCOc1cccc(C)c1C. The van der Waals surface area contributed by atoms with Crippen LogP contribution in [0, 0.1) is 13.8 Å². The van der Waals surface area contributed by atoms with Gasteiger partial charge in [-0.2, -0.15) is 0 Å². The summed E-state index contributed by atoms with van der Waals surface area (Å²) in [6, 6.07) is 6.19. The second-order valence-corrected chi connectivity index (χ2v) is 4.15. The molecule has 0 radical (unpaired) electrons. The van der Waals surface area contributed by atoms with Crippen molar-refractivity contribution in [1.29, 1.82) is 0 Å². The molecule has 0 aliphatic carbocycles. The first-order valence-electron chi connectivity index (χ1n) is 6.15. The molecular weight excluding hydrogens is 198 g/mol. The minimum absolute atomic E-state index is 0.744. The summed E-state index contributed by atoms with van der Waals surface area (Å²) in [4.78, 5) is 0. The highest BCUT2D eigenvalue weighted by Crippen LogP contribution is 2.20. The van der Waals surface area contributed by atoms with Crippen molar-refractivity contribution in [3.63, 3.8) is 0 Å². The maximum Gasteiger partial charge on any atom is 0.122 e. The lowest BCUT2D eigenvalue weighted by Crippen LogP contribution is -2.22. The second-order valence-electron chi connectivity index (χ2n) is 4.15. The number of hydrogen-bond donors (Lipinski definition) is 1. The fourth-order valence-electron chi connectivity index (χ4n) is 1.54. The van der Waals surface area contributed by atoms with Gasteiger partial charge in [0, 0.05) is 6.54 Å². The third kappa shape index (κ3) is 4.23. The fourth-order valence-corrected chi connectivity index (χ4v) is 1.54. The first-order chi connectivity index (χ1) is 7.75. The van der Waals surface area contributed by atoms with Crippen LogP contribution in [0.2, 0.25) is 0 Å². The van der Waals surface area contributed by atoms with E-state index in [-0.39, 0.29) is 0 Å². The lowest BCUT2D eigenvalue weighted by Gasteiger charge is -2.11. The van der Waals surface area contributed by atoms with E-state index in [0.29, 0.717) is 0 Å². The molecule has 0 bridgehead atoms.